The van der Waals surface area contributed by atoms with Crippen LogP contribution < -0.4 is 10.6 Å². The van der Waals surface area contributed by atoms with E-state index >= 15 is 0 Å². The molecule has 0 saturated heterocycles. The lowest BCUT2D eigenvalue weighted by molar-refractivity contribution is -0.115. The minimum absolute atomic E-state index is 0.0939. The number of hydrogen-bond acceptors (Lipinski definition) is 3. The van der Waals surface area contributed by atoms with Crippen LogP contribution in [-0.2, 0) is 9.59 Å². The molecule has 2 amide bonds. The van der Waals surface area contributed by atoms with Gasteiger partial charge in [0.2, 0.25) is 11.8 Å². The van der Waals surface area contributed by atoms with E-state index in [1.165, 1.54) is 17.3 Å². The van der Waals surface area contributed by atoms with Gasteiger partial charge in [-0.1, -0.05) is 48.0 Å². The van der Waals surface area contributed by atoms with Gasteiger partial charge < -0.3 is 10.6 Å². The van der Waals surface area contributed by atoms with Crippen LogP contribution in [0.15, 0.2) is 54.6 Å². The summed E-state index contributed by atoms with van der Waals surface area (Å²) < 4.78 is 0. The van der Waals surface area contributed by atoms with Crippen molar-refractivity contribution >= 4 is 45.7 Å². The lowest BCUT2D eigenvalue weighted by Crippen LogP contribution is -2.25. The van der Waals surface area contributed by atoms with E-state index in [-0.39, 0.29) is 22.8 Å². The molecule has 1 atom stereocenters. The summed E-state index contributed by atoms with van der Waals surface area (Å²) in [5, 5.41) is 7.79. The van der Waals surface area contributed by atoms with Crippen molar-refractivity contribution in [2.24, 2.45) is 0 Å². The Kier molecular flexibility index (Phi) is 6.60. The van der Waals surface area contributed by atoms with Crippen molar-refractivity contribution in [2.75, 3.05) is 16.4 Å². The van der Waals surface area contributed by atoms with Gasteiger partial charge in [0, 0.05) is 11.4 Å². The van der Waals surface area contributed by atoms with Gasteiger partial charge in [-0.25, -0.2) is 0 Å². The smallest absolute Gasteiger partial charge is 0.237 e. The third-order valence-electron chi connectivity index (χ3n) is 4.79. The van der Waals surface area contributed by atoms with Crippen LogP contribution in [0.1, 0.15) is 23.6 Å². The molecule has 4 nitrogen and oxygen atoms in total. The number of rotatable bonds is 6. The third-order valence-corrected chi connectivity index (χ3v) is 5.94. The van der Waals surface area contributed by atoms with Crippen LogP contribution in [0.3, 0.4) is 0 Å². The molecule has 0 aliphatic rings. The number of aryl methyl sites for hydroxylation is 3. The number of amides is 2. The largest absolute Gasteiger partial charge is 0.325 e. The van der Waals surface area contributed by atoms with Crippen molar-refractivity contribution in [3.63, 3.8) is 0 Å². The summed E-state index contributed by atoms with van der Waals surface area (Å²) >= 11 is 1.33. The number of nitrogens with one attached hydrogen (secondary N) is 2. The summed E-state index contributed by atoms with van der Waals surface area (Å²) in [5.41, 5.74) is 4.88. The summed E-state index contributed by atoms with van der Waals surface area (Å²) in [6.45, 7) is 7.84. The molecule has 0 spiro atoms. The van der Waals surface area contributed by atoms with Gasteiger partial charge in [0.1, 0.15) is 0 Å². The minimum atomic E-state index is -0.336. The Morgan fingerprint density at radius 2 is 1.55 bits per heavy atom. The predicted molar refractivity (Wildman–Crippen MR) is 124 cm³/mol. The monoisotopic (exact) mass is 406 g/mol. The number of hydrogen-bond donors (Lipinski definition) is 2. The normalized spacial score (nSPS) is 11.9. The number of carbonyl (C=O) groups is 2. The number of anilines is 2. The Bertz CT molecular complexity index is 1040. The van der Waals surface area contributed by atoms with E-state index in [1.807, 2.05) is 70.2 Å². The van der Waals surface area contributed by atoms with Crippen LogP contribution in [0.4, 0.5) is 11.4 Å². The predicted octanol–water partition coefficient (Wildman–Crippen LogP) is 5.46. The molecule has 0 saturated carbocycles. The van der Waals surface area contributed by atoms with Gasteiger partial charge in [0.25, 0.3) is 0 Å². The first kappa shape index (κ1) is 20.9. The molecule has 0 bridgehead atoms. The molecular weight excluding hydrogens is 380 g/mol. The maximum absolute atomic E-state index is 12.6. The molecule has 3 rings (SSSR count). The SMILES string of the molecule is Cc1cc(C)c(NC(=O)[C@@H](C)SCC(=O)Nc2ccc3ccccc3c2)c(C)c1. The van der Waals surface area contributed by atoms with E-state index in [0.717, 1.165) is 33.3 Å². The number of thioether (sulfide) groups is 1. The van der Waals surface area contributed by atoms with Gasteiger partial charge >= 0.3 is 0 Å². The highest BCUT2D eigenvalue weighted by Crippen LogP contribution is 2.24. The molecular formula is C24H26N2O2S. The molecule has 0 radical (unpaired) electrons. The zero-order valence-electron chi connectivity index (χ0n) is 17.2. The average molecular weight is 407 g/mol. The van der Waals surface area contributed by atoms with Crippen LogP contribution in [-0.4, -0.2) is 22.8 Å². The van der Waals surface area contributed by atoms with E-state index in [4.69, 9.17) is 0 Å². The molecule has 0 aliphatic heterocycles. The maximum Gasteiger partial charge on any atom is 0.237 e. The molecule has 0 aromatic heterocycles. The second kappa shape index (κ2) is 9.14. The molecule has 5 heteroatoms. The quantitative estimate of drug-likeness (QED) is 0.571. The van der Waals surface area contributed by atoms with E-state index in [9.17, 15) is 9.59 Å². The van der Waals surface area contributed by atoms with Crippen LogP contribution in [0.5, 0.6) is 0 Å². The summed E-state index contributed by atoms with van der Waals surface area (Å²) in [6.07, 6.45) is 0. The molecule has 29 heavy (non-hydrogen) atoms. The Balaban J connectivity index is 1.54. The lowest BCUT2D eigenvalue weighted by Gasteiger charge is -2.16. The highest BCUT2D eigenvalue weighted by molar-refractivity contribution is 8.01. The van der Waals surface area contributed by atoms with Gasteiger partial charge in [-0.3, -0.25) is 9.59 Å². The number of benzene rings is 3. The molecule has 0 aliphatic carbocycles. The second-order valence-corrected chi connectivity index (χ2v) is 8.66. The summed E-state index contributed by atoms with van der Waals surface area (Å²) in [4.78, 5) is 24.9. The minimum Gasteiger partial charge on any atom is -0.325 e. The molecule has 2 N–H and O–H groups in total. The number of carbonyl (C=O) groups excluding carboxylic acids is 2. The van der Waals surface area contributed by atoms with Crippen LogP contribution in [0.25, 0.3) is 10.8 Å². The van der Waals surface area contributed by atoms with Crippen molar-refractivity contribution in [2.45, 2.75) is 32.9 Å². The lowest BCUT2D eigenvalue weighted by atomic mass is 10.1. The summed E-state index contributed by atoms with van der Waals surface area (Å²) in [7, 11) is 0. The van der Waals surface area contributed by atoms with E-state index < -0.39 is 0 Å². The van der Waals surface area contributed by atoms with E-state index in [0.29, 0.717) is 0 Å². The molecule has 3 aromatic rings. The molecule has 0 unspecified atom stereocenters. The van der Waals surface area contributed by atoms with Crippen molar-refractivity contribution in [3.8, 4) is 0 Å². The zero-order chi connectivity index (χ0) is 21.0. The fraction of sp³-hybridized carbons (Fsp3) is 0.250. The van der Waals surface area contributed by atoms with Crippen LogP contribution in [0, 0.1) is 20.8 Å². The Hall–Kier alpha value is -2.79. The highest BCUT2D eigenvalue weighted by Gasteiger charge is 2.17. The van der Waals surface area contributed by atoms with Gasteiger partial charge in [-0.15, -0.1) is 11.8 Å². The van der Waals surface area contributed by atoms with Gasteiger partial charge in [-0.2, -0.15) is 0 Å². The van der Waals surface area contributed by atoms with Gasteiger partial charge in [0.05, 0.1) is 11.0 Å². The topological polar surface area (TPSA) is 58.2 Å². The zero-order valence-corrected chi connectivity index (χ0v) is 18.0. The van der Waals surface area contributed by atoms with Crippen molar-refractivity contribution in [3.05, 3.63) is 71.3 Å². The first-order valence-electron chi connectivity index (χ1n) is 9.62. The van der Waals surface area contributed by atoms with Crippen molar-refractivity contribution in [1.29, 1.82) is 0 Å². The Labute approximate surface area is 176 Å². The first-order valence-corrected chi connectivity index (χ1v) is 10.7. The Morgan fingerprint density at radius 1 is 0.897 bits per heavy atom. The molecule has 3 aromatic carbocycles. The maximum atomic E-state index is 12.6. The fourth-order valence-corrected chi connectivity index (χ4v) is 4.03. The van der Waals surface area contributed by atoms with Crippen LogP contribution in [0.2, 0.25) is 0 Å². The average Bonchev–Trinajstić information content (AvgIpc) is 2.68. The second-order valence-electron chi connectivity index (χ2n) is 7.33. The van der Waals surface area contributed by atoms with Crippen molar-refractivity contribution < 1.29 is 9.59 Å². The summed E-state index contributed by atoms with van der Waals surface area (Å²) in [5.74, 6) is 0.00369. The molecule has 0 fully saturated rings. The Morgan fingerprint density at radius 3 is 2.24 bits per heavy atom. The van der Waals surface area contributed by atoms with E-state index in [2.05, 4.69) is 22.8 Å². The molecule has 0 heterocycles. The number of fused-ring (bicyclic) bond motifs is 1. The van der Waals surface area contributed by atoms with Crippen molar-refractivity contribution in [1.82, 2.24) is 0 Å². The fourth-order valence-electron chi connectivity index (χ4n) is 3.34. The third kappa shape index (κ3) is 5.39. The first-order chi connectivity index (χ1) is 13.8. The highest BCUT2D eigenvalue weighted by atomic mass is 32.2. The summed E-state index contributed by atoms with van der Waals surface area (Å²) in [6, 6.07) is 18.0. The molecule has 150 valence electrons. The van der Waals surface area contributed by atoms with Crippen LogP contribution >= 0.6 is 11.8 Å². The standard InChI is InChI=1S/C24H26N2O2S/c1-15-11-16(2)23(17(3)12-15)26-24(28)18(4)29-14-22(27)25-21-10-9-19-7-5-6-8-20(19)13-21/h5-13,18H,14H2,1-4H3,(H,25,27)(H,26,28)/t18-/m1/s1. The van der Waals surface area contributed by atoms with Gasteiger partial charge in [-0.05, 0) is 61.7 Å². The van der Waals surface area contributed by atoms with Gasteiger partial charge in [0.15, 0.2) is 0 Å². The van der Waals surface area contributed by atoms with E-state index in [1.54, 1.807) is 0 Å².